The highest BCUT2D eigenvalue weighted by molar-refractivity contribution is 7.99. The van der Waals surface area contributed by atoms with Crippen LogP contribution < -0.4 is 0 Å². The van der Waals surface area contributed by atoms with Gasteiger partial charge in [0.15, 0.2) is 0 Å². The number of hydrogen-bond acceptors (Lipinski definition) is 2. The molecule has 0 spiro atoms. The fourth-order valence-electron chi connectivity index (χ4n) is 0.861. The van der Waals surface area contributed by atoms with Crippen molar-refractivity contribution >= 4 is 11.8 Å². The predicted octanol–water partition coefficient (Wildman–Crippen LogP) is 3.28. The van der Waals surface area contributed by atoms with Crippen LogP contribution in [0.1, 0.15) is 25.3 Å². The molecule has 0 fully saturated rings. The van der Waals surface area contributed by atoms with Crippen LogP contribution in [0.15, 0.2) is 23.4 Å². The monoisotopic (exact) mass is 181 g/mol. The first-order valence-electron chi connectivity index (χ1n) is 4.38. The molecule has 1 nitrogen and oxygen atoms in total. The fourth-order valence-corrected chi connectivity index (χ4v) is 1.79. The van der Waals surface area contributed by atoms with Crippen LogP contribution in [0.4, 0.5) is 0 Å². The second kappa shape index (κ2) is 5.20. The molecule has 0 atom stereocenters. The number of hydrogen-bond donors (Lipinski definition) is 0. The van der Waals surface area contributed by atoms with Crippen molar-refractivity contribution in [1.82, 2.24) is 4.98 Å². The molecule has 0 bridgehead atoms. The van der Waals surface area contributed by atoms with E-state index in [4.69, 9.17) is 0 Å². The molecule has 0 radical (unpaired) electrons. The summed E-state index contributed by atoms with van der Waals surface area (Å²) in [5.41, 5.74) is 1.23. The summed E-state index contributed by atoms with van der Waals surface area (Å²) in [6.07, 6.45) is 4.47. The molecule has 66 valence electrons. The molecule has 1 aromatic heterocycles. The number of nitrogens with zero attached hydrogens (tertiary/aromatic N) is 1. The summed E-state index contributed by atoms with van der Waals surface area (Å²) < 4.78 is 0. The summed E-state index contributed by atoms with van der Waals surface area (Å²) in [5.74, 6) is 1.19. The lowest BCUT2D eigenvalue weighted by atomic mass is 10.3. The third-order valence-corrected chi connectivity index (χ3v) is 2.66. The van der Waals surface area contributed by atoms with Crippen molar-refractivity contribution < 1.29 is 0 Å². The molecular weight excluding hydrogens is 166 g/mol. The van der Waals surface area contributed by atoms with E-state index in [1.54, 1.807) is 0 Å². The van der Waals surface area contributed by atoms with Gasteiger partial charge in [0.05, 0.1) is 5.03 Å². The highest BCUT2D eigenvalue weighted by Gasteiger charge is 1.93. The highest BCUT2D eigenvalue weighted by Crippen LogP contribution is 2.16. The van der Waals surface area contributed by atoms with Gasteiger partial charge in [-0.2, -0.15) is 0 Å². The smallest absolute Gasteiger partial charge is 0.0960 e. The maximum atomic E-state index is 4.31. The standard InChI is InChI=1S/C10H15NS/c1-3-4-7-12-10-6-5-9(2)8-11-10/h5-6,8H,3-4,7H2,1-2H3. The summed E-state index contributed by atoms with van der Waals surface area (Å²) >= 11 is 1.84. The molecule has 1 rings (SSSR count). The van der Waals surface area contributed by atoms with Crippen LogP contribution >= 0.6 is 11.8 Å². The zero-order chi connectivity index (χ0) is 8.81. The van der Waals surface area contributed by atoms with Crippen molar-refractivity contribution in [2.24, 2.45) is 0 Å². The Morgan fingerprint density at radius 3 is 2.83 bits per heavy atom. The molecule has 0 aromatic carbocycles. The van der Waals surface area contributed by atoms with Crippen molar-refractivity contribution in [3.05, 3.63) is 23.9 Å². The first kappa shape index (κ1) is 9.59. The SMILES string of the molecule is CCCCSc1ccc(C)cn1. The van der Waals surface area contributed by atoms with Gasteiger partial charge in [-0.25, -0.2) is 4.98 Å². The number of thioether (sulfide) groups is 1. The lowest BCUT2D eigenvalue weighted by Gasteiger charge is -1.98. The van der Waals surface area contributed by atoms with E-state index in [9.17, 15) is 0 Å². The van der Waals surface area contributed by atoms with Gasteiger partial charge in [-0.3, -0.25) is 0 Å². The maximum Gasteiger partial charge on any atom is 0.0960 e. The van der Waals surface area contributed by atoms with Gasteiger partial charge in [-0.15, -0.1) is 11.8 Å². The van der Waals surface area contributed by atoms with Gasteiger partial charge in [-0.05, 0) is 30.7 Å². The van der Waals surface area contributed by atoms with Crippen molar-refractivity contribution in [1.29, 1.82) is 0 Å². The first-order chi connectivity index (χ1) is 5.83. The molecule has 0 saturated carbocycles. The highest BCUT2D eigenvalue weighted by atomic mass is 32.2. The minimum atomic E-state index is 1.15. The quantitative estimate of drug-likeness (QED) is 0.522. The molecule has 2 heteroatoms. The van der Waals surface area contributed by atoms with Crippen LogP contribution in [0, 0.1) is 6.92 Å². The summed E-state index contributed by atoms with van der Waals surface area (Å²) in [6.45, 7) is 4.27. The van der Waals surface area contributed by atoms with Gasteiger partial charge in [0.25, 0.3) is 0 Å². The Balaban J connectivity index is 2.37. The van der Waals surface area contributed by atoms with Crippen LogP contribution in [0.25, 0.3) is 0 Å². The van der Waals surface area contributed by atoms with Crippen molar-refractivity contribution in [3.8, 4) is 0 Å². The average Bonchev–Trinajstić information content (AvgIpc) is 2.09. The number of unbranched alkanes of at least 4 members (excludes halogenated alkanes) is 1. The Kier molecular flexibility index (Phi) is 4.15. The molecule has 0 amide bonds. The van der Waals surface area contributed by atoms with Crippen LogP contribution in [0.2, 0.25) is 0 Å². The Morgan fingerprint density at radius 2 is 2.25 bits per heavy atom. The molecule has 0 N–H and O–H groups in total. The molecule has 0 aliphatic heterocycles. The van der Waals surface area contributed by atoms with E-state index in [1.165, 1.54) is 24.2 Å². The van der Waals surface area contributed by atoms with E-state index in [1.807, 2.05) is 18.0 Å². The first-order valence-corrected chi connectivity index (χ1v) is 5.37. The molecule has 0 aliphatic rings. The van der Waals surface area contributed by atoms with Gasteiger partial charge in [0.2, 0.25) is 0 Å². The van der Waals surface area contributed by atoms with Gasteiger partial charge in [0.1, 0.15) is 0 Å². The normalized spacial score (nSPS) is 10.2. The Morgan fingerprint density at radius 1 is 1.42 bits per heavy atom. The zero-order valence-corrected chi connectivity index (χ0v) is 8.53. The predicted molar refractivity (Wildman–Crippen MR) is 54.6 cm³/mol. The minimum Gasteiger partial charge on any atom is -0.250 e. The van der Waals surface area contributed by atoms with E-state index in [-0.39, 0.29) is 0 Å². The van der Waals surface area contributed by atoms with E-state index in [0.29, 0.717) is 0 Å². The van der Waals surface area contributed by atoms with Crippen LogP contribution in [-0.4, -0.2) is 10.7 Å². The second-order valence-electron chi connectivity index (χ2n) is 2.88. The molecule has 0 unspecified atom stereocenters. The Bertz CT molecular complexity index is 218. The van der Waals surface area contributed by atoms with E-state index in [0.717, 1.165) is 5.03 Å². The van der Waals surface area contributed by atoms with E-state index in [2.05, 4.69) is 31.0 Å². The molecule has 12 heavy (non-hydrogen) atoms. The number of aryl methyl sites for hydroxylation is 1. The van der Waals surface area contributed by atoms with Crippen LogP contribution in [-0.2, 0) is 0 Å². The van der Waals surface area contributed by atoms with Crippen LogP contribution in [0.3, 0.4) is 0 Å². The molecule has 0 aliphatic carbocycles. The van der Waals surface area contributed by atoms with Gasteiger partial charge < -0.3 is 0 Å². The fraction of sp³-hybridized carbons (Fsp3) is 0.500. The van der Waals surface area contributed by atoms with E-state index >= 15 is 0 Å². The molecule has 1 heterocycles. The lowest BCUT2D eigenvalue weighted by Crippen LogP contribution is -1.83. The number of aromatic nitrogens is 1. The summed E-state index contributed by atoms with van der Waals surface area (Å²) in [5, 5.41) is 1.15. The minimum absolute atomic E-state index is 1.15. The average molecular weight is 181 g/mol. The number of pyridine rings is 1. The lowest BCUT2D eigenvalue weighted by molar-refractivity contribution is 0.894. The third-order valence-electron chi connectivity index (χ3n) is 1.63. The zero-order valence-electron chi connectivity index (χ0n) is 7.71. The second-order valence-corrected chi connectivity index (χ2v) is 3.99. The molecule has 1 aromatic rings. The van der Waals surface area contributed by atoms with Crippen molar-refractivity contribution in [3.63, 3.8) is 0 Å². The third kappa shape index (κ3) is 3.26. The van der Waals surface area contributed by atoms with Crippen LogP contribution in [0.5, 0.6) is 0 Å². The van der Waals surface area contributed by atoms with Crippen molar-refractivity contribution in [2.45, 2.75) is 31.7 Å². The summed E-state index contributed by atoms with van der Waals surface area (Å²) in [7, 11) is 0. The molecule has 0 saturated heterocycles. The summed E-state index contributed by atoms with van der Waals surface area (Å²) in [6, 6.07) is 4.21. The van der Waals surface area contributed by atoms with E-state index < -0.39 is 0 Å². The number of rotatable bonds is 4. The Hall–Kier alpha value is -0.500. The largest absolute Gasteiger partial charge is 0.250 e. The molecular formula is C10H15NS. The van der Waals surface area contributed by atoms with Crippen molar-refractivity contribution in [2.75, 3.05) is 5.75 Å². The van der Waals surface area contributed by atoms with Gasteiger partial charge >= 0.3 is 0 Å². The Labute approximate surface area is 78.6 Å². The maximum absolute atomic E-state index is 4.31. The van der Waals surface area contributed by atoms with Gasteiger partial charge in [0, 0.05) is 6.20 Å². The van der Waals surface area contributed by atoms with Gasteiger partial charge in [-0.1, -0.05) is 19.4 Å². The summed E-state index contributed by atoms with van der Waals surface area (Å²) in [4.78, 5) is 4.31. The topological polar surface area (TPSA) is 12.9 Å².